The van der Waals surface area contributed by atoms with Crippen LogP contribution in [0.5, 0.6) is 0 Å². The van der Waals surface area contributed by atoms with Crippen LogP contribution < -0.4 is 0 Å². The van der Waals surface area contributed by atoms with Crippen LogP contribution in [0.25, 0.3) is 0 Å². The van der Waals surface area contributed by atoms with Crippen molar-refractivity contribution in [2.24, 2.45) is 0 Å². The number of piperidine rings is 1. The highest BCUT2D eigenvalue weighted by Crippen LogP contribution is 2.30. The summed E-state index contributed by atoms with van der Waals surface area (Å²) < 4.78 is 10.8. The zero-order chi connectivity index (χ0) is 15.5. The lowest BCUT2D eigenvalue weighted by atomic mass is 10.0. The molecule has 0 aromatic carbocycles. The number of rotatable bonds is 5. The van der Waals surface area contributed by atoms with Crippen molar-refractivity contribution in [3.63, 3.8) is 0 Å². The Kier molecular flexibility index (Phi) is 4.54. The number of ether oxygens (including phenoxy) is 1. The number of aryl methyl sites for hydroxylation is 2. The van der Waals surface area contributed by atoms with Gasteiger partial charge in [0.05, 0.1) is 18.3 Å². The van der Waals surface area contributed by atoms with Gasteiger partial charge in [0.2, 0.25) is 5.89 Å². The number of likely N-dealkylation sites (tertiary alicyclic amines) is 1. The predicted octanol–water partition coefficient (Wildman–Crippen LogP) is 2.28. The number of aromatic amines is 1. The highest BCUT2D eigenvalue weighted by Gasteiger charge is 2.28. The number of methoxy groups -OCH3 is 1. The highest BCUT2D eigenvalue weighted by molar-refractivity contribution is 5.06. The molecule has 1 aliphatic rings. The summed E-state index contributed by atoms with van der Waals surface area (Å²) in [7, 11) is 1.66. The Hall–Kier alpha value is -1.73. The van der Waals surface area contributed by atoms with E-state index < -0.39 is 0 Å². The van der Waals surface area contributed by atoms with Crippen LogP contribution in [0.3, 0.4) is 0 Å². The van der Waals surface area contributed by atoms with Crippen LogP contribution in [0.2, 0.25) is 0 Å². The Morgan fingerprint density at radius 3 is 2.91 bits per heavy atom. The van der Waals surface area contributed by atoms with Crippen LogP contribution in [0, 0.1) is 13.8 Å². The molecule has 1 atom stereocenters. The Labute approximate surface area is 130 Å². The summed E-state index contributed by atoms with van der Waals surface area (Å²) in [5.41, 5.74) is 0.962. The van der Waals surface area contributed by atoms with Gasteiger partial charge in [0.15, 0.2) is 11.6 Å². The maximum Gasteiger partial charge on any atom is 0.208 e. The van der Waals surface area contributed by atoms with Crippen molar-refractivity contribution in [3.8, 4) is 0 Å². The average molecular weight is 305 g/mol. The summed E-state index contributed by atoms with van der Waals surface area (Å²) in [6, 6.07) is 0.211. The first-order valence-electron chi connectivity index (χ1n) is 7.74. The topological polar surface area (TPSA) is 80.1 Å². The van der Waals surface area contributed by atoms with Crippen molar-refractivity contribution in [1.82, 2.24) is 25.1 Å². The molecular weight excluding hydrogens is 282 g/mol. The summed E-state index contributed by atoms with van der Waals surface area (Å²) in [4.78, 5) is 11.4. The molecule has 2 aromatic rings. The molecule has 0 radical (unpaired) electrons. The second-order valence-corrected chi connectivity index (χ2v) is 5.80. The van der Waals surface area contributed by atoms with Gasteiger partial charge in [0.1, 0.15) is 12.4 Å². The van der Waals surface area contributed by atoms with E-state index in [1.807, 2.05) is 13.8 Å². The van der Waals surface area contributed by atoms with E-state index in [4.69, 9.17) is 9.15 Å². The fourth-order valence-electron chi connectivity index (χ4n) is 2.91. The fourth-order valence-corrected chi connectivity index (χ4v) is 2.91. The molecule has 2 aromatic heterocycles. The van der Waals surface area contributed by atoms with Gasteiger partial charge in [-0.15, -0.1) is 0 Å². The summed E-state index contributed by atoms with van der Waals surface area (Å²) >= 11 is 0. The molecule has 0 saturated carbocycles. The van der Waals surface area contributed by atoms with Crippen molar-refractivity contribution in [2.75, 3.05) is 13.7 Å². The summed E-state index contributed by atoms with van der Waals surface area (Å²) in [5.74, 6) is 3.27. The van der Waals surface area contributed by atoms with E-state index in [2.05, 4.69) is 25.1 Å². The van der Waals surface area contributed by atoms with Gasteiger partial charge < -0.3 is 9.15 Å². The van der Waals surface area contributed by atoms with Crippen LogP contribution in [-0.2, 0) is 17.9 Å². The normalized spacial score (nSPS) is 19.7. The SMILES string of the molecule is COCc1nc(C2CCCCN2Cc2nc(C)c(C)o2)n[nH]1. The Bertz CT molecular complexity index is 602. The van der Waals surface area contributed by atoms with Crippen molar-refractivity contribution < 1.29 is 9.15 Å². The Balaban J connectivity index is 1.75. The van der Waals surface area contributed by atoms with E-state index in [1.165, 1.54) is 12.8 Å². The summed E-state index contributed by atoms with van der Waals surface area (Å²) in [6.07, 6.45) is 3.44. The third-order valence-corrected chi connectivity index (χ3v) is 4.15. The number of nitrogens with zero attached hydrogens (tertiary/aromatic N) is 4. The first-order valence-corrected chi connectivity index (χ1v) is 7.74. The zero-order valence-electron chi connectivity index (χ0n) is 13.4. The molecule has 7 nitrogen and oxygen atoms in total. The Morgan fingerprint density at radius 2 is 2.18 bits per heavy atom. The number of hydrogen-bond acceptors (Lipinski definition) is 6. The second kappa shape index (κ2) is 6.58. The Morgan fingerprint density at radius 1 is 1.32 bits per heavy atom. The molecule has 1 N–H and O–H groups in total. The van der Waals surface area contributed by atoms with Crippen LogP contribution in [0.4, 0.5) is 0 Å². The van der Waals surface area contributed by atoms with Crippen molar-refractivity contribution >= 4 is 0 Å². The van der Waals surface area contributed by atoms with E-state index >= 15 is 0 Å². The summed E-state index contributed by atoms with van der Waals surface area (Å²) in [6.45, 7) is 6.10. The molecule has 0 spiro atoms. The molecule has 1 saturated heterocycles. The number of hydrogen-bond donors (Lipinski definition) is 1. The van der Waals surface area contributed by atoms with Gasteiger partial charge in [-0.25, -0.2) is 9.97 Å². The largest absolute Gasteiger partial charge is 0.444 e. The fraction of sp³-hybridized carbons (Fsp3) is 0.667. The third kappa shape index (κ3) is 3.20. The van der Waals surface area contributed by atoms with Gasteiger partial charge in [0, 0.05) is 7.11 Å². The van der Waals surface area contributed by atoms with E-state index in [1.54, 1.807) is 7.11 Å². The number of aromatic nitrogens is 4. The lowest BCUT2D eigenvalue weighted by molar-refractivity contribution is 0.121. The maximum absolute atomic E-state index is 5.72. The first-order chi connectivity index (χ1) is 10.7. The van der Waals surface area contributed by atoms with Gasteiger partial charge in [-0.2, -0.15) is 5.10 Å². The van der Waals surface area contributed by atoms with Crippen molar-refractivity contribution in [3.05, 3.63) is 29.0 Å². The number of nitrogens with one attached hydrogen (secondary N) is 1. The van der Waals surface area contributed by atoms with E-state index in [0.29, 0.717) is 13.2 Å². The standard InChI is InChI=1S/C15H23N5O2/c1-10-11(2)22-14(16-10)8-20-7-5-4-6-12(20)15-17-13(9-21-3)18-19-15/h12H,4-9H2,1-3H3,(H,17,18,19). The van der Waals surface area contributed by atoms with E-state index in [-0.39, 0.29) is 6.04 Å². The zero-order valence-corrected chi connectivity index (χ0v) is 13.4. The molecule has 7 heteroatoms. The van der Waals surface area contributed by atoms with E-state index in [9.17, 15) is 0 Å². The molecule has 1 aliphatic heterocycles. The molecular formula is C15H23N5O2. The minimum absolute atomic E-state index is 0.211. The predicted molar refractivity (Wildman–Crippen MR) is 80.1 cm³/mol. The highest BCUT2D eigenvalue weighted by atomic mass is 16.5. The molecule has 3 heterocycles. The first kappa shape index (κ1) is 15.2. The van der Waals surface area contributed by atoms with Crippen molar-refractivity contribution in [1.29, 1.82) is 0 Å². The third-order valence-electron chi connectivity index (χ3n) is 4.15. The monoisotopic (exact) mass is 305 g/mol. The lowest BCUT2D eigenvalue weighted by Crippen LogP contribution is -2.33. The smallest absolute Gasteiger partial charge is 0.208 e. The van der Waals surface area contributed by atoms with Crippen LogP contribution >= 0.6 is 0 Å². The quantitative estimate of drug-likeness (QED) is 0.913. The molecule has 0 aliphatic carbocycles. The number of H-pyrrole nitrogens is 1. The minimum atomic E-state index is 0.211. The van der Waals surface area contributed by atoms with Crippen LogP contribution in [0.1, 0.15) is 54.3 Å². The number of oxazole rings is 1. The molecule has 1 unspecified atom stereocenters. The molecule has 1 fully saturated rings. The van der Waals surface area contributed by atoms with Crippen LogP contribution in [0.15, 0.2) is 4.42 Å². The average Bonchev–Trinajstić information content (AvgIpc) is 3.08. The minimum Gasteiger partial charge on any atom is -0.444 e. The second-order valence-electron chi connectivity index (χ2n) is 5.80. The molecule has 0 bridgehead atoms. The summed E-state index contributed by atoms with van der Waals surface area (Å²) in [5, 5.41) is 7.31. The van der Waals surface area contributed by atoms with Crippen molar-refractivity contribution in [2.45, 2.75) is 52.3 Å². The van der Waals surface area contributed by atoms with Gasteiger partial charge in [-0.05, 0) is 33.2 Å². The van der Waals surface area contributed by atoms with Gasteiger partial charge >= 0.3 is 0 Å². The lowest BCUT2D eigenvalue weighted by Gasteiger charge is -2.32. The molecule has 22 heavy (non-hydrogen) atoms. The molecule has 120 valence electrons. The maximum atomic E-state index is 5.72. The van der Waals surface area contributed by atoms with Crippen LogP contribution in [-0.4, -0.2) is 38.7 Å². The molecule has 0 amide bonds. The van der Waals surface area contributed by atoms with Gasteiger partial charge in [0.25, 0.3) is 0 Å². The van der Waals surface area contributed by atoms with Gasteiger partial charge in [-0.3, -0.25) is 10.00 Å². The van der Waals surface area contributed by atoms with E-state index in [0.717, 1.165) is 42.0 Å². The van der Waals surface area contributed by atoms with Gasteiger partial charge in [-0.1, -0.05) is 6.42 Å². The molecule has 3 rings (SSSR count).